The van der Waals surface area contributed by atoms with Gasteiger partial charge in [0.25, 0.3) is 5.56 Å². The number of aromatic nitrogens is 3. The molecule has 3 heterocycles. The van der Waals surface area contributed by atoms with Gasteiger partial charge in [-0.2, -0.15) is 4.98 Å². The van der Waals surface area contributed by atoms with Gasteiger partial charge in [0.2, 0.25) is 5.91 Å². The van der Waals surface area contributed by atoms with Gasteiger partial charge >= 0.3 is 0 Å². The predicted molar refractivity (Wildman–Crippen MR) is 108 cm³/mol. The third kappa shape index (κ3) is 4.84. The highest BCUT2D eigenvalue weighted by molar-refractivity contribution is 7.22. The molecule has 0 aromatic carbocycles. The summed E-state index contributed by atoms with van der Waals surface area (Å²) in [4.78, 5) is 38.2. The number of rotatable bonds is 7. The molecule has 8 nitrogen and oxygen atoms in total. The summed E-state index contributed by atoms with van der Waals surface area (Å²) in [5, 5.41) is 3.69. The second-order valence-corrected chi connectivity index (χ2v) is 8.26. The molecular formula is C18H28N6O2S. The second kappa shape index (κ2) is 8.79. The van der Waals surface area contributed by atoms with Crippen LogP contribution in [0.3, 0.4) is 0 Å². The smallest absolute Gasteiger partial charge is 0.273 e. The number of thiazole rings is 1. The standard InChI is InChI=1S/C18H28N6O2S/c1-4-22-7-9-23(10-8-22)18-21-16-15(27-18)17(26)24(12-20-16)11-14(25)19-6-5-13(2)3/h12-13H,4-11H2,1-3H3,(H,19,25). The lowest BCUT2D eigenvalue weighted by Crippen LogP contribution is -2.46. The van der Waals surface area contributed by atoms with Crippen molar-refractivity contribution in [2.75, 3.05) is 44.2 Å². The van der Waals surface area contributed by atoms with Crippen molar-refractivity contribution in [3.63, 3.8) is 0 Å². The molecule has 2 aromatic rings. The highest BCUT2D eigenvalue weighted by atomic mass is 32.1. The summed E-state index contributed by atoms with van der Waals surface area (Å²) in [5.74, 6) is 0.361. The van der Waals surface area contributed by atoms with Crippen molar-refractivity contribution in [2.45, 2.75) is 33.7 Å². The molecule has 3 rings (SSSR count). The van der Waals surface area contributed by atoms with Crippen molar-refractivity contribution < 1.29 is 4.79 Å². The van der Waals surface area contributed by atoms with E-state index in [1.807, 2.05) is 0 Å². The van der Waals surface area contributed by atoms with Gasteiger partial charge in [-0.1, -0.05) is 32.1 Å². The van der Waals surface area contributed by atoms with Gasteiger partial charge in [-0.25, -0.2) is 4.98 Å². The van der Waals surface area contributed by atoms with E-state index in [9.17, 15) is 9.59 Å². The third-order valence-electron chi connectivity index (χ3n) is 4.82. The molecule has 1 fully saturated rings. The van der Waals surface area contributed by atoms with Gasteiger partial charge in [0.1, 0.15) is 17.6 Å². The Balaban J connectivity index is 1.70. The Bertz CT molecular complexity index is 838. The highest BCUT2D eigenvalue weighted by Crippen LogP contribution is 2.26. The molecule has 9 heteroatoms. The molecule has 1 amide bonds. The van der Waals surface area contributed by atoms with E-state index in [4.69, 9.17) is 0 Å². The topological polar surface area (TPSA) is 83.4 Å². The molecule has 1 saturated heterocycles. The van der Waals surface area contributed by atoms with Crippen LogP contribution in [-0.2, 0) is 11.3 Å². The van der Waals surface area contributed by atoms with Crippen LogP contribution in [0.4, 0.5) is 5.13 Å². The maximum atomic E-state index is 12.7. The number of nitrogens with zero attached hydrogens (tertiary/aromatic N) is 5. The van der Waals surface area contributed by atoms with Crippen LogP contribution >= 0.6 is 11.3 Å². The Hall–Kier alpha value is -2.00. The molecular weight excluding hydrogens is 364 g/mol. The van der Waals surface area contributed by atoms with Crippen molar-refractivity contribution in [3.05, 3.63) is 16.7 Å². The fraction of sp³-hybridized carbons (Fsp3) is 0.667. The number of amides is 1. The lowest BCUT2D eigenvalue weighted by Gasteiger charge is -2.33. The summed E-state index contributed by atoms with van der Waals surface area (Å²) in [6, 6.07) is 0. The number of fused-ring (bicyclic) bond motifs is 1. The van der Waals surface area contributed by atoms with E-state index in [0.29, 0.717) is 22.8 Å². The Labute approximate surface area is 163 Å². The molecule has 0 radical (unpaired) electrons. The van der Waals surface area contributed by atoms with Crippen molar-refractivity contribution in [1.29, 1.82) is 0 Å². The minimum absolute atomic E-state index is 0.0116. The van der Waals surface area contributed by atoms with Gasteiger partial charge < -0.3 is 15.1 Å². The van der Waals surface area contributed by atoms with E-state index in [1.165, 1.54) is 22.2 Å². The normalized spacial score (nSPS) is 15.6. The van der Waals surface area contributed by atoms with Crippen LogP contribution in [0.25, 0.3) is 10.3 Å². The first kappa shape index (κ1) is 19.8. The number of likely N-dealkylation sites (N-methyl/N-ethyl adjacent to an activating group) is 1. The minimum atomic E-state index is -0.199. The summed E-state index contributed by atoms with van der Waals surface area (Å²) in [7, 11) is 0. The lowest BCUT2D eigenvalue weighted by atomic mass is 10.1. The summed E-state index contributed by atoms with van der Waals surface area (Å²) in [5.41, 5.74) is 0.268. The maximum Gasteiger partial charge on any atom is 0.273 e. The van der Waals surface area contributed by atoms with Crippen LogP contribution in [0.2, 0.25) is 0 Å². The molecule has 0 spiro atoms. The second-order valence-electron chi connectivity index (χ2n) is 7.28. The van der Waals surface area contributed by atoms with Gasteiger partial charge in [0, 0.05) is 32.7 Å². The average molecular weight is 393 g/mol. The number of nitrogens with one attached hydrogen (secondary N) is 1. The predicted octanol–water partition coefficient (Wildman–Crippen LogP) is 1.16. The number of carbonyl (C=O) groups excluding carboxylic acids is 1. The van der Waals surface area contributed by atoms with Crippen LogP contribution in [0.5, 0.6) is 0 Å². The number of anilines is 1. The van der Waals surface area contributed by atoms with E-state index < -0.39 is 0 Å². The molecule has 1 aliphatic rings. The quantitative estimate of drug-likeness (QED) is 0.761. The molecule has 1 aliphatic heterocycles. The third-order valence-corrected chi connectivity index (χ3v) is 5.91. The lowest BCUT2D eigenvalue weighted by molar-refractivity contribution is -0.121. The van der Waals surface area contributed by atoms with Crippen LogP contribution in [0.1, 0.15) is 27.2 Å². The van der Waals surface area contributed by atoms with E-state index in [0.717, 1.165) is 44.3 Å². The van der Waals surface area contributed by atoms with Crippen molar-refractivity contribution in [1.82, 2.24) is 24.8 Å². The van der Waals surface area contributed by atoms with Gasteiger partial charge in [-0.3, -0.25) is 14.2 Å². The minimum Gasteiger partial charge on any atom is -0.355 e. The Morgan fingerprint density at radius 3 is 2.70 bits per heavy atom. The molecule has 0 atom stereocenters. The van der Waals surface area contributed by atoms with Gasteiger partial charge in [-0.05, 0) is 18.9 Å². The number of hydrogen-bond donors (Lipinski definition) is 1. The van der Waals surface area contributed by atoms with Crippen LogP contribution in [0.15, 0.2) is 11.1 Å². The largest absolute Gasteiger partial charge is 0.355 e. The summed E-state index contributed by atoms with van der Waals surface area (Å²) in [6.45, 7) is 11.9. The SMILES string of the molecule is CCN1CCN(c2nc3ncn(CC(=O)NCCC(C)C)c(=O)c3s2)CC1. The zero-order valence-corrected chi connectivity index (χ0v) is 17.1. The van der Waals surface area contributed by atoms with Crippen molar-refractivity contribution in [2.24, 2.45) is 5.92 Å². The highest BCUT2D eigenvalue weighted by Gasteiger charge is 2.20. The molecule has 27 heavy (non-hydrogen) atoms. The molecule has 0 unspecified atom stereocenters. The van der Waals surface area contributed by atoms with Gasteiger partial charge in [-0.15, -0.1) is 0 Å². The fourth-order valence-corrected chi connectivity index (χ4v) is 4.07. The fourth-order valence-electron chi connectivity index (χ4n) is 3.05. The number of hydrogen-bond acceptors (Lipinski definition) is 7. The average Bonchev–Trinajstić information content (AvgIpc) is 3.09. The Kier molecular flexibility index (Phi) is 6.43. The molecule has 2 aromatic heterocycles. The van der Waals surface area contributed by atoms with E-state index in [-0.39, 0.29) is 18.0 Å². The van der Waals surface area contributed by atoms with Crippen LogP contribution in [0, 0.1) is 5.92 Å². The van der Waals surface area contributed by atoms with Crippen LogP contribution < -0.4 is 15.8 Å². The van der Waals surface area contributed by atoms with Crippen molar-refractivity contribution in [3.8, 4) is 0 Å². The zero-order chi connectivity index (χ0) is 19.4. The zero-order valence-electron chi connectivity index (χ0n) is 16.3. The van der Waals surface area contributed by atoms with E-state index >= 15 is 0 Å². The molecule has 148 valence electrons. The molecule has 0 saturated carbocycles. The first-order chi connectivity index (χ1) is 13.0. The first-order valence-corrected chi connectivity index (χ1v) is 10.4. The monoisotopic (exact) mass is 392 g/mol. The molecule has 0 aliphatic carbocycles. The first-order valence-electron chi connectivity index (χ1n) is 9.58. The number of piperazine rings is 1. The summed E-state index contributed by atoms with van der Waals surface area (Å²) in [6.07, 6.45) is 2.34. The molecule has 1 N–H and O–H groups in total. The van der Waals surface area contributed by atoms with Crippen molar-refractivity contribution >= 4 is 32.7 Å². The van der Waals surface area contributed by atoms with E-state index in [2.05, 4.69) is 45.9 Å². The number of carbonyl (C=O) groups is 1. The summed E-state index contributed by atoms with van der Waals surface area (Å²) >= 11 is 1.37. The Morgan fingerprint density at radius 1 is 1.30 bits per heavy atom. The van der Waals surface area contributed by atoms with Crippen LogP contribution in [-0.4, -0.2) is 64.6 Å². The summed E-state index contributed by atoms with van der Waals surface area (Å²) < 4.78 is 1.88. The maximum absolute atomic E-state index is 12.7. The van der Waals surface area contributed by atoms with E-state index in [1.54, 1.807) is 0 Å². The Morgan fingerprint density at radius 2 is 2.04 bits per heavy atom. The van der Waals surface area contributed by atoms with Gasteiger partial charge in [0.15, 0.2) is 10.8 Å². The molecule has 0 bridgehead atoms. The van der Waals surface area contributed by atoms with Gasteiger partial charge in [0.05, 0.1) is 0 Å².